The number of thiophene rings is 1. The molecule has 1 aromatic carbocycles. The van der Waals surface area contributed by atoms with Gasteiger partial charge in [0.1, 0.15) is 10.0 Å². The van der Waals surface area contributed by atoms with E-state index in [2.05, 4.69) is 36.6 Å². The van der Waals surface area contributed by atoms with Crippen molar-refractivity contribution in [2.75, 3.05) is 0 Å². The average molecular weight is 429 g/mol. The molecule has 102 valence electrons. The van der Waals surface area contributed by atoms with E-state index in [1.165, 1.54) is 12.1 Å². The molecular formula is C11H8Br2FNO2S2. The fraction of sp³-hybridized carbons (Fsp3) is 0.0909. The summed E-state index contributed by atoms with van der Waals surface area (Å²) in [7, 11) is -3.60. The van der Waals surface area contributed by atoms with Gasteiger partial charge in [0.05, 0.1) is 0 Å². The minimum atomic E-state index is -3.60. The number of halogens is 3. The third kappa shape index (κ3) is 3.63. The Balaban J connectivity index is 2.19. The molecule has 0 saturated heterocycles. The molecule has 0 saturated carbocycles. The molecule has 0 bridgehead atoms. The van der Waals surface area contributed by atoms with E-state index in [0.717, 1.165) is 11.3 Å². The SMILES string of the molecule is O=S(=O)(NCc1cc(F)ccc1Br)c1sccc1Br. The fourth-order valence-electron chi connectivity index (χ4n) is 1.39. The van der Waals surface area contributed by atoms with E-state index in [0.29, 0.717) is 14.5 Å². The van der Waals surface area contributed by atoms with Crippen LogP contribution in [0.2, 0.25) is 0 Å². The Hall–Kier alpha value is -0.280. The highest BCUT2D eigenvalue weighted by Gasteiger charge is 2.19. The van der Waals surface area contributed by atoms with Crippen molar-refractivity contribution in [1.29, 1.82) is 0 Å². The zero-order valence-electron chi connectivity index (χ0n) is 9.36. The van der Waals surface area contributed by atoms with Crippen LogP contribution in [0.4, 0.5) is 4.39 Å². The Morgan fingerprint density at radius 2 is 1.95 bits per heavy atom. The van der Waals surface area contributed by atoms with E-state index in [1.54, 1.807) is 17.5 Å². The maximum absolute atomic E-state index is 13.1. The highest BCUT2D eigenvalue weighted by atomic mass is 79.9. The lowest BCUT2D eigenvalue weighted by Gasteiger charge is -2.07. The topological polar surface area (TPSA) is 46.2 Å². The van der Waals surface area contributed by atoms with Crippen LogP contribution >= 0.6 is 43.2 Å². The number of rotatable bonds is 4. The summed E-state index contributed by atoms with van der Waals surface area (Å²) in [5, 5.41) is 1.68. The first-order valence-corrected chi connectivity index (χ1v) is 9.01. The molecule has 0 aliphatic rings. The van der Waals surface area contributed by atoms with E-state index in [1.807, 2.05) is 0 Å². The Bertz CT molecular complexity index is 700. The normalized spacial score (nSPS) is 11.7. The molecule has 0 spiro atoms. The number of nitrogens with one attached hydrogen (secondary N) is 1. The highest BCUT2D eigenvalue weighted by molar-refractivity contribution is 9.10. The maximum Gasteiger partial charge on any atom is 0.251 e. The van der Waals surface area contributed by atoms with Crippen LogP contribution in [0.3, 0.4) is 0 Å². The summed E-state index contributed by atoms with van der Waals surface area (Å²) < 4.78 is 41.0. The van der Waals surface area contributed by atoms with Crippen LogP contribution in [-0.4, -0.2) is 8.42 Å². The molecule has 3 nitrogen and oxygen atoms in total. The van der Waals surface area contributed by atoms with Gasteiger partial charge in [0.15, 0.2) is 0 Å². The predicted molar refractivity (Wildman–Crippen MR) is 80.1 cm³/mol. The van der Waals surface area contributed by atoms with Gasteiger partial charge in [-0.05, 0) is 51.1 Å². The minimum absolute atomic E-state index is 0.0189. The van der Waals surface area contributed by atoms with Gasteiger partial charge in [-0.2, -0.15) is 0 Å². The monoisotopic (exact) mass is 427 g/mol. The molecule has 0 atom stereocenters. The van der Waals surface area contributed by atoms with Crippen LogP contribution in [0, 0.1) is 5.82 Å². The van der Waals surface area contributed by atoms with E-state index in [9.17, 15) is 12.8 Å². The zero-order valence-corrected chi connectivity index (χ0v) is 14.2. The van der Waals surface area contributed by atoms with Gasteiger partial charge in [0.25, 0.3) is 10.0 Å². The van der Waals surface area contributed by atoms with Crippen molar-refractivity contribution in [3.63, 3.8) is 0 Å². The predicted octanol–water partition coefficient (Wildman–Crippen LogP) is 3.89. The van der Waals surface area contributed by atoms with Crippen LogP contribution < -0.4 is 4.72 Å². The molecule has 0 fully saturated rings. The molecule has 1 aromatic heterocycles. The average Bonchev–Trinajstić information content (AvgIpc) is 2.78. The molecule has 19 heavy (non-hydrogen) atoms. The third-order valence-corrected chi connectivity index (χ3v) is 7.13. The lowest BCUT2D eigenvalue weighted by atomic mass is 10.2. The first-order chi connectivity index (χ1) is 8.90. The quantitative estimate of drug-likeness (QED) is 0.802. The number of hydrogen-bond donors (Lipinski definition) is 1. The molecule has 0 amide bonds. The van der Waals surface area contributed by atoms with Crippen molar-refractivity contribution in [3.8, 4) is 0 Å². The lowest BCUT2D eigenvalue weighted by Crippen LogP contribution is -2.23. The standard InChI is InChI=1S/C11H8Br2FNO2S2/c12-9-2-1-8(14)5-7(9)6-15-19(16,17)11-10(13)3-4-18-11/h1-5,15H,6H2. The Morgan fingerprint density at radius 3 is 2.58 bits per heavy atom. The van der Waals surface area contributed by atoms with Gasteiger partial charge in [0, 0.05) is 15.5 Å². The molecule has 0 aliphatic heterocycles. The maximum atomic E-state index is 13.1. The molecule has 0 unspecified atom stereocenters. The van der Waals surface area contributed by atoms with E-state index in [4.69, 9.17) is 0 Å². The second-order valence-corrected chi connectivity index (χ2v) is 8.20. The summed E-state index contributed by atoms with van der Waals surface area (Å²) in [6, 6.07) is 5.80. The largest absolute Gasteiger partial charge is 0.251 e. The number of benzene rings is 1. The van der Waals surface area contributed by atoms with E-state index < -0.39 is 15.8 Å². The second kappa shape index (κ2) is 6.01. The van der Waals surface area contributed by atoms with Crippen molar-refractivity contribution in [2.24, 2.45) is 0 Å². The van der Waals surface area contributed by atoms with E-state index >= 15 is 0 Å². The summed E-state index contributed by atoms with van der Waals surface area (Å²) in [5.74, 6) is -0.408. The van der Waals surface area contributed by atoms with Crippen molar-refractivity contribution in [1.82, 2.24) is 4.72 Å². The minimum Gasteiger partial charge on any atom is -0.207 e. The summed E-state index contributed by atoms with van der Waals surface area (Å²) in [4.78, 5) is 0. The van der Waals surface area contributed by atoms with Gasteiger partial charge in [-0.25, -0.2) is 17.5 Å². The summed E-state index contributed by atoms with van der Waals surface area (Å²) in [6.45, 7) is 0.0189. The molecule has 0 radical (unpaired) electrons. The Labute approximate surface area is 131 Å². The molecular weight excluding hydrogens is 421 g/mol. The van der Waals surface area contributed by atoms with Crippen LogP contribution in [0.15, 0.2) is 42.8 Å². The van der Waals surface area contributed by atoms with Crippen LogP contribution in [0.5, 0.6) is 0 Å². The van der Waals surface area contributed by atoms with Gasteiger partial charge in [-0.1, -0.05) is 15.9 Å². The fourth-order valence-corrected chi connectivity index (χ4v) is 5.16. The molecule has 2 aromatic rings. The van der Waals surface area contributed by atoms with Gasteiger partial charge in [0.2, 0.25) is 0 Å². The summed E-state index contributed by atoms with van der Waals surface area (Å²) in [6.07, 6.45) is 0. The van der Waals surface area contributed by atoms with Gasteiger partial charge in [-0.15, -0.1) is 11.3 Å². The van der Waals surface area contributed by atoms with Crippen LogP contribution in [0.25, 0.3) is 0 Å². The highest BCUT2D eigenvalue weighted by Crippen LogP contribution is 2.27. The van der Waals surface area contributed by atoms with Crippen molar-refractivity contribution >= 4 is 53.2 Å². The first kappa shape index (κ1) is 15.1. The molecule has 8 heteroatoms. The van der Waals surface area contributed by atoms with Gasteiger partial charge in [-0.3, -0.25) is 0 Å². The van der Waals surface area contributed by atoms with Gasteiger partial charge >= 0.3 is 0 Å². The molecule has 2 rings (SSSR count). The van der Waals surface area contributed by atoms with E-state index in [-0.39, 0.29) is 10.8 Å². The van der Waals surface area contributed by atoms with Crippen LogP contribution in [0.1, 0.15) is 5.56 Å². The van der Waals surface area contributed by atoms with Gasteiger partial charge < -0.3 is 0 Å². The van der Waals surface area contributed by atoms with Crippen molar-refractivity contribution in [2.45, 2.75) is 10.8 Å². The Morgan fingerprint density at radius 1 is 1.21 bits per heavy atom. The zero-order chi connectivity index (χ0) is 14.0. The first-order valence-electron chi connectivity index (χ1n) is 5.07. The Kier molecular flexibility index (Phi) is 4.78. The number of sulfonamides is 1. The molecule has 0 aliphatic carbocycles. The summed E-state index contributed by atoms with van der Waals surface area (Å²) >= 11 is 7.55. The molecule has 1 N–H and O–H groups in total. The van der Waals surface area contributed by atoms with Crippen LogP contribution in [-0.2, 0) is 16.6 Å². The lowest BCUT2D eigenvalue weighted by molar-refractivity contribution is 0.582. The number of hydrogen-bond acceptors (Lipinski definition) is 3. The van der Waals surface area contributed by atoms with Crippen molar-refractivity contribution < 1.29 is 12.8 Å². The molecule has 1 heterocycles. The van der Waals surface area contributed by atoms with Crippen molar-refractivity contribution in [3.05, 3.63) is 50.0 Å². The third-order valence-electron chi connectivity index (χ3n) is 2.29. The second-order valence-electron chi connectivity index (χ2n) is 3.62. The summed E-state index contributed by atoms with van der Waals surface area (Å²) in [5.41, 5.74) is 0.538. The smallest absolute Gasteiger partial charge is 0.207 e.